The number of nitrogens with one attached hydrogen (secondary N) is 1. The van der Waals surface area contributed by atoms with Gasteiger partial charge in [0.1, 0.15) is 6.61 Å². The maximum Gasteiger partial charge on any atom is 0.338 e. The van der Waals surface area contributed by atoms with E-state index in [-0.39, 0.29) is 30.6 Å². The Labute approximate surface area is 218 Å². The molecule has 7 heteroatoms. The van der Waals surface area contributed by atoms with Crippen LogP contribution in [0, 0.1) is 0 Å². The number of hydrogen-bond donors (Lipinski definition) is 1. The summed E-state index contributed by atoms with van der Waals surface area (Å²) in [6, 6.07) is 23.5. The Bertz CT molecular complexity index is 1240. The Balaban J connectivity index is 1.37. The van der Waals surface area contributed by atoms with Gasteiger partial charge in [-0.1, -0.05) is 30.3 Å². The number of esters is 1. The third kappa shape index (κ3) is 5.62. The molecule has 1 saturated heterocycles. The molecule has 1 fully saturated rings. The van der Waals surface area contributed by atoms with Gasteiger partial charge in [-0.15, -0.1) is 0 Å². The van der Waals surface area contributed by atoms with Gasteiger partial charge < -0.3 is 24.6 Å². The van der Waals surface area contributed by atoms with Gasteiger partial charge in [-0.2, -0.15) is 0 Å². The minimum atomic E-state index is -0.381. The van der Waals surface area contributed by atoms with Crippen molar-refractivity contribution in [2.45, 2.75) is 39.0 Å². The number of ether oxygens (including phenoxy) is 2. The molecule has 5 rings (SSSR count). The van der Waals surface area contributed by atoms with Crippen LogP contribution >= 0.6 is 0 Å². The average molecular weight is 500 g/mol. The highest BCUT2D eigenvalue weighted by atomic mass is 16.5. The summed E-state index contributed by atoms with van der Waals surface area (Å²) in [4.78, 5) is 29.5. The zero-order valence-electron chi connectivity index (χ0n) is 21.4. The molecular weight excluding hydrogens is 466 g/mol. The lowest BCUT2D eigenvalue weighted by atomic mass is 9.90. The normalized spacial score (nSPS) is 19.2. The number of nitrogens with zero attached hydrogens (tertiary/aromatic N) is 2. The predicted octanol–water partition coefficient (Wildman–Crippen LogP) is 5.18. The van der Waals surface area contributed by atoms with Gasteiger partial charge in [-0.3, -0.25) is 4.79 Å². The van der Waals surface area contributed by atoms with Crippen molar-refractivity contribution in [3.05, 3.63) is 89.5 Å². The molecule has 0 saturated carbocycles. The van der Waals surface area contributed by atoms with Crippen LogP contribution in [0.25, 0.3) is 0 Å². The summed E-state index contributed by atoms with van der Waals surface area (Å²) in [6.07, 6.45) is 0.723. The first-order valence-electron chi connectivity index (χ1n) is 12.8. The van der Waals surface area contributed by atoms with E-state index in [0.29, 0.717) is 5.56 Å². The highest BCUT2D eigenvalue weighted by molar-refractivity contribution is 5.96. The van der Waals surface area contributed by atoms with E-state index in [2.05, 4.69) is 41.4 Å². The van der Waals surface area contributed by atoms with Gasteiger partial charge in [0.15, 0.2) is 0 Å². The van der Waals surface area contributed by atoms with Gasteiger partial charge in [0.2, 0.25) is 5.91 Å². The van der Waals surface area contributed by atoms with E-state index >= 15 is 0 Å². The maximum absolute atomic E-state index is 12.9. The first-order chi connectivity index (χ1) is 18.0. The number of hydrogen-bond acceptors (Lipinski definition) is 6. The lowest BCUT2D eigenvalue weighted by Crippen LogP contribution is -2.43. The Morgan fingerprint density at radius 2 is 1.73 bits per heavy atom. The van der Waals surface area contributed by atoms with Crippen molar-refractivity contribution < 1.29 is 19.1 Å². The topological polar surface area (TPSA) is 71.1 Å². The number of carbonyl (C=O) groups is 2. The molecule has 37 heavy (non-hydrogen) atoms. The molecule has 2 atom stereocenters. The van der Waals surface area contributed by atoms with Crippen molar-refractivity contribution in [2.24, 2.45) is 0 Å². The number of carbonyl (C=O) groups excluding carboxylic acids is 2. The van der Waals surface area contributed by atoms with E-state index < -0.39 is 0 Å². The van der Waals surface area contributed by atoms with Crippen molar-refractivity contribution in [3.63, 3.8) is 0 Å². The minimum absolute atomic E-state index is 0.0125. The SMILES string of the molecule is CC(=O)N1c2ccc(C(=O)OCc3ccccc3)cc2C(Nc2ccc(N3CCOCC3)cc2)CC1C. The summed E-state index contributed by atoms with van der Waals surface area (Å²) in [5.41, 5.74) is 5.33. The van der Waals surface area contributed by atoms with Crippen LogP contribution in [0.2, 0.25) is 0 Å². The average Bonchev–Trinajstić information content (AvgIpc) is 2.93. The minimum Gasteiger partial charge on any atom is -0.457 e. The molecule has 3 aromatic carbocycles. The van der Waals surface area contributed by atoms with Gasteiger partial charge in [0.25, 0.3) is 0 Å². The molecule has 0 aliphatic carbocycles. The van der Waals surface area contributed by atoms with Gasteiger partial charge in [0, 0.05) is 43.1 Å². The molecule has 2 unspecified atom stereocenters. The Morgan fingerprint density at radius 1 is 1.00 bits per heavy atom. The van der Waals surface area contributed by atoms with Gasteiger partial charge in [-0.25, -0.2) is 4.79 Å². The molecule has 3 aromatic rings. The summed E-state index contributed by atoms with van der Waals surface area (Å²) < 4.78 is 11.0. The largest absolute Gasteiger partial charge is 0.457 e. The van der Waals surface area contributed by atoms with E-state index in [4.69, 9.17) is 9.47 Å². The van der Waals surface area contributed by atoms with E-state index in [9.17, 15) is 9.59 Å². The van der Waals surface area contributed by atoms with E-state index in [1.165, 1.54) is 5.69 Å². The van der Waals surface area contributed by atoms with Crippen molar-refractivity contribution in [1.82, 2.24) is 0 Å². The molecule has 0 radical (unpaired) electrons. The van der Waals surface area contributed by atoms with Crippen LogP contribution in [0.4, 0.5) is 17.1 Å². The molecule has 1 amide bonds. The summed E-state index contributed by atoms with van der Waals surface area (Å²) in [6.45, 7) is 7.14. The second kappa shape index (κ2) is 11.0. The van der Waals surface area contributed by atoms with E-state index in [1.807, 2.05) is 47.4 Å². The predicted molar refractivity (Wildman–Crippen MR) is 145 cm³/mol. The molecule has 0 aromatic heterocycles. The fourth-order valence-corrected chi connectivity index (χ4v) is 5.21. The standard InChI is InChI=1S/C30H33N3O4/c1-21-18-28(31-25-9-11-26(12-10-25)32-14-16-36-17-15-32)27-19-24(8-13-29(27)33(21)22(2)34)30(35)37-20-23-6-4-3-5-7-23/h3-13,19,21,28,31H,14-18,20H2,1-2H3. The number of benzene rings is 3. The number of rotatable bonds is 6. The zero-order chi connectivity index (χ0) is 25.8. The van der Waals surface area contributed by atoms with Crippen molar-refractivity contribution in [1.29, 1.82) is 0 Å². The lowest BCUT2D eigenvalue weighted by Gasteiger charge is -2.39. The molecule has 2 aliphatic heterocycles. The molecule has 0 bridgehead atoms. The molecule has 2 aliphatic rings. The van der Waals surface area contributed by atoms with E-state index in [1.54, 1.807) is 13.0 Å². The van der Waals surface area contributed by atoms with Crippen LogP contribution in [0.5, 0.6) is 0 Å². The summed E-state index contributed by atoms with van der Waals surface area (Å²) in [5, 5.41) is 3.65. The number of morpholine rings is 1. The zero-order valence-corrected chi connectivity index (χ0v) is 21.4. The molecular formula is C30H33N3O4. The second-order valence-electron chi connectivity index (χ2n) is 9.65. The Morgan fingerprint density at radius 3 is 2.43 bits per heavy atom. The molecule has 0 spiro atoms. The highest BCUT2D eigenvalue weighted by Crippen LogP contribution is 2.40. The first kappa shape index (κ1) is 24.8. The highest BCUT2D eigenvalue weighted by Gasteiger charge is 2.33. The Kier molecular flexibility index (Phi) is 7.42. The van der Waals surface area contributed by atoms with Crippen LogP contribution in [-0.4, -0.2) is 44.2 Å². The van der Waals surface area contributed by atoms with Gasteiger partial charge >= 0.3 is 5.97 Å². The number of amides is 1. The maximum atomic E-state index is 12.9. The number of fused-ring (bicyclic) bond motifs is 1. The van der Waals surface area contributed by atoms with Crippen LogP contribution in [0.1, 0.15) is 47.8 Å². The second-order valence-corrected chi connectivity index (χ2v) is 9.65. The summed E-state index contributed by atoms with van der Waals surface area (Å²) in [5.74, 6) is -0.394. The lowest BCUT2D eigenvalue weighted by molar-refractivity contribution is -0.117. The summed E-state index contributed by atoms with van der Waals surface area (Å²) >= 11 is 0. The monoisotopic (exact) mass is 499 g/mol. The Hall–Kier alpha value is -3.84. The first-order valence-corrected chi connectivity index (χ1v) is 12.8. The fourth-order valence-electron chi connectivity index (χ4n) is 5.21. The van der Waals surface area contributed by atoms with E-state index in [0.717, 1.165) is 55.2 Å². The van der Waals surface area contributed by atoms with Crippen LogP contribution in [-0.2, 0) is 20.9 Å². The van der Waals surface area contributed by atoms with Gasteiger partial charge in [-0.05, 0) is 66.9 Å². The number of anilines is 3. The third-order valence-electron chi connectivity index (χ3n) is 7.05. The molecule has 7 nitrogen and oxygen atoms in total. The molecule has 192 valence electrons. The van der Waals surface area contributed by atoms with Crippen LogP contribution < -0.4 is 15.1 Å². The fraction of sp³-hybridized carbons (Fsp3) is 0.333. The summed E-state index contributed by atoms with van der Waals surface area (Å²) in [7, 11) is 0. The molecule has 2 heterocycles. The smallest absolute Gasteiger partial charge is 0.338 e. The van der Waals surface area contributed by atoms with Crippen molar-refractivity contribution >= 4 is 28.9 Å². The van der Waals surface area contributed by atoms with Gasteiger partial charge in [0.05, 0.1) is 24.8 Å². The quantitative estimate of drug-likeness (QED) is 0.472. The van der Waals surface area contributed by atoms with Crippen molar-refractivity contribution in [2.75, 3.05) is 41.4 Å². The third-order valence-corrected chi connectivity index (χ3v) is 7.05. The van der Waals surface area contributed by atoms with Crippen LogP contribution in [0.3, 0.4) is 0 Å². The van der Waals surface area contributed by atoms with Crippen LogP contribution in [0.15, 0.2) is 72.8 Å². The molecule has 1 N–H and O–H groups in total. The van der Waals surface area contributed by atoms with Crippen molar-refractivity contribution in [3.8, 4) is 0 Å².